The summed E-state index contributed by atoms with van der Waals surface area (Å²) in [4.78, 5) is 38.8. The van der Waals surface area contributed by atoms with Gasteiger partial charge in [0, 0.05) is 17.3 Å². The third-order valence-corrected chi connectivity index (χ3v) is 5.33. The predicted molar refractivity (Wildman–Crippen MR) is 103 cm³/mol. The van der Waals surface area contributed by atoms with E-state index in [1.165, 1.54) is 21.0 Å². The number of allylic oxidation sites excluding steroid dienone is 1. The van der Waals surface area contributed by atoms with E-state index in [4.69, 9.17) is 19.6 Å². The summed E-state index contributed by atoms with van der Waals surface area (Å²) in [5.41, 5.74) is -0.831. The Kier molecular flexibility index (Phi) is 5.40. The van der Waals surface area contributed by atoms with Gasteiger partial charge >= 0.3 is 5.97 Å². The number of carbonyl (C=O) groups excluding carboxylic acids is 3. The van der Waals surface area contributed by atoms with Gasteiger partial charge in [-0.2, -0.15) is 0 Å². The first-order valence-electron chi connectivity index (χ1n) is 8.50. The fourth-order valence-electron chi connectivity index (χ4n) is 3.84. The van der Waals surface area contributed by atoms with E-state index in [1.54, 1.807) is 18.2 Å². The number of fused-ring (bicyclic) bond motifs is 2. The highest BCUT2D eigenvalue weighted by atomic mass is 79.9. The summed E-state index contributed by atoms with van der Waals surface area (Å²) in [5, 5.41) is 11.0. The molecule has 9 heteroatoms. The maximum atomic E-state index is 13.3. The summed E-state index contributed by atoms with van der Waals surface area (Å²) in [6, 6.07) is 5.07. The number of carbonyl (C=O) groups is 3. The number of esters is 1. The van der Waals surface area contributed by atoms with Crippen molar-refractivity contribution in [2.24, 2.45) is 5.92 Å². The highest BCUT2D eigenvalue weighted by molar-refractivity contribution is 9.10. The molecule has 0 saturated heterocycles. The van der Waals surface area contributed by atoms with E-state index in [0.29, 0.717) is 15.7 Å². The van der Waals surface area contributed by atoms with Crippen molar-refractivity contribution < 1.29 is 28.6 Å². The summed E-state index contributed by atoms with van der Waals surface area (Å²) >= 11 is 3.37. The molecule has 1 amide bonds. The van der Waals surface area contributed by atoms with Crippen LogP contribution in [0.5, 0.6) is 0 Å². The third kappa shape index (κ3) is 2.94. The first-order valence-corrected chi connectivity index (χ1v) is 9.30. The average molecular weight is 451 g/mol. The number of benzene rings is 1. The summed E-state index contributed by atoms with van der Waals surface area (Å²) < 4.78 is 16.2. The number of amides is 1. The molecule has 2 N–H and O–H groups in total. The Morgan fingerprint density at radius 1 is 1.36 bits per heavy atom. The van der Waals surface area contributed by atoms with Crippen molar-refractivity contribution in [2.45, 2.75) is 19.3 Å². The first-order chi connectivity index (χ1) is 13.2. The minimum Gasteiger partial charge on any atom is -0.463 e. The van der Waals surface area contributed by atoms with Crippen molar-refractivity contribution in [1.29, 1.82) is 5.41 Å². The second kappa shape index (κ2) is 7.48. The van der Waals surface area contributed by atoms with Gasteiger partial charge in [0.25, 0.3) is 0 Å². The molecule has 2 unspecified atom stereocenters. The van der Waals surface area contributed by atoms with Gasteiger partial charge in [-0.3, -0.25) is 19.8 Å². The lowest BCUT2D eigenvalue weighted by molar-refractivity contribution is -0.151. The predicted octanol–water partition coefficient (Wildman–Crippen LogP) is 2.32. The molecule has 0 aromatic heterocycles. The van der Waals surface area contributed by atoms with Crippen LogP contribution in [0.1, 0.15) is 19.4 Å². The van der Waals surface area contributed by atoms with Crippen LogP contribution in [0.25, 0.3) is 0 Å². The Hall–Kier alpha value is -2.52. The van der Waals surface area contributed by atoms with Crippen LogP contribution in [0.4, 0.5) is 5.69 Å². The van der Waals surface area contributed by atoms with Crippen LogP contribution in [0, 0.1) is 11.3 Å². The minimum absolute atomic E-state index is 0.0338. The summed E-state index contributed by atoms with van der Waals surface area (Å²) in [6.07, 6.45) is 0. The molecule has 0 saturated carbocycles. The van der Waals surface area contributed by atoms with E-state index in [9.17, 15) is 14.4 Å². The van der Waals surface area contributed by atoms with Crippen LogP contribution in [-0.4, -0.2) is 43.9 Å². The van der Waals surface area contributed by atoms with Crippen molar-refractivity contribution in [2.75, 3.05) is 25.6 Å². The monoisotopic (exact) mass is 450 g/mol. The van der Waals surface area contributed by atoms with Crippen molar-refractivity contribution in [1.82, 2.24) is 0 Å². The summed E-state index contributed by atoms with van der Waals surface area (Å²) in [7, 11) is 1.46. The Labute approximate surface area is 169 Å². The topological polar surface area (TPSA) is 115 Å². The number of ether oxygens (including phenoxy) is 3. The second-order valence-corrected chi connectivity index (χ2v) is 7.41. The third-order valence-electron chi connectivity index (χ3n) is 4.84. The molecule has 0 bridgehead atoms. The van der Waals surface area contributed by atoms with Crippen LogP contribution in [0.3, 0.4) is 0 Å². The van der Waals surface area contributed by atoms with Gasteiger partial charge in [-0.05, 0) is 37.6 Å². The molecule has 1 spiro atoms. The molecule has 1 aromatic rings. The molecule has 2 heterocycles. The van der Waals surface area contributed by atoms with Crippen molar-refractivity contribution in [3.05, 3.63) is 39.6 Å². The SMILES string of the molecule is COCCOC(=O)C1C(=N)OC(C)=C(C(C)=O)C12C(=O)Nc1ccc(Br)cc12. The largest absolute Gasteiger partial charge is 0.463 e. The highest BCUT2D eigenvalue weighted by Gasteiger charge is 2.64. The lowest BCUT2D eigenvalue weighted by Gasteiger charge is -2.39. The lowest BCUT2D eigenvalue weighted by atomic mass is 9.63. The van der Waals surface area contributed by atoms with E-state index in [2.05, 4.69) is 21.2 Å². The van der Waals surface area contributed by atoms with Crippen molar-refractivity contribution >= 4 is 45.2 Å². The van der Waals surface area contributed by atoms with Gasteiger partial charge in [0.15, 0.2) is 11.7 Å². The number of hydrogen-bond acceptors (Lipinski definition) is 7. The molecular formula is C19H19BrN2O6. The molecule has 2 aliphatic heterocycles. The van der Waals surface area contributed by atoms with Gasteiger partial charge in [0.1, 0.15) is 17.8 Å². The Balaban J connectivity index is 2.27. The molecule has 0 aliphatic carbocycles. The molecule has 1 aromatic carbocycles. The minimum atomic E-state index is -1.74. The number of rotatable bonds is 5. The van der Waals surface area contributed by atoms with Crippen LogP contribution in [-0.2, 0) is 34.0 Å². The fourth-order valence-corrected chi connectivity index (χ4v) is 4.20. The molecule has 0 fully saturated rings. The number of Topliss-reactive ketones (excluding diaryl/α,β-unsaturated/α-hetero) is 1. The van der Waals surface area contributed by atoms with Crippen LogP contribution >= 0.6 is 15.9 Å². The van der Waals surface area contributed by atoms with E-state index in [1.807, 2.05) is 0 Å². The molecule has 0 radical (unpaired) electrons. The van der Waals surface area contributed by atoms with Gasteiger partial charge < -0.3 is 19.5 Å². The lowest BCUT2D eigenvalue weighted by Crippen LogP contribution is -2.55. The quantitative estimate of drug-likeness (QED) is 0.525. The number of methoxy groups -OCH3 is 1. The Morgan fingerprint density at radius 3 is 2.71 bits per heavy atom. The van der Waals surface area contributed by atoms with Gasteiger partial charge in [-0.25, -0.2) is 0 Å². The molecular weight excluding hydrogens is 432 g/mol. The summed E-state index contributed by atoms with van der Waals surface area (Å²) in [5.74, 6) is -3.62. The van der Waals surface area contributed by atoms with Gasteiger partial charge in [0.2, 0.25) is 11.8 Å². The molecule has 2 aliphatic rings. The van der Waals surface area contributed by atoms with E-state index < -0.39 is 34.9 Å². The van der Waals surface area contributed by atoms with Crippen molar-refractivity contribution in [3.63, 3.8) is 0 Å². The number of anilines is 1. The molecule has 3 rings (SSSR count). The molecule has 28 heavy (non-hydrogen) atoms. The Bertz CT molecular complexity index is 925. The maximum Gasteiger partial charge on any atom is 0.320 e. The zero-order valence-electron chi connectivity index (χ0n) is 15.6. The fraction of sp³-hybridized carbons (Fsp3) is 0.368. The number of hydrogen-bond donors (Lipinski definition) is 2. The van der Waals surface area contributed by atoms with E-state index in [0.717, 1.165) is 0 Å². The van der Waals surface area contributed by atoms with Gasteiger partial charge in [0.05, 0.1) is 12.2 Å². The zero-order valence-corrected chi connectivity index (χ0v) is 17.1. The van der Waals surface area contributed by atoms with Crippen LogP contribution < -0.4 is 5.32 Å². The zero-order chi connectivity index (χ0) is 20.6. The molecule has 148 valence electrons. The maximum absolute atomic E-state index is 13.3. The van der Waals surface area contributed by atoms with E-state index in [-0.39, 0.29) is 24.5 Å². The van der Waals surface area contributed by atoms with Gasteiger partial charge in [-0.15, -0.1) is 0 Å². The van der Waals surface area contributed by atoms with Crippen LogP contribution in [0.2, 0.25) is 0 Å². The van der Waals surface area contributed by atoms with Crippen molar-refractivity contribution in [3.8, 4) is 0 Å². The van der Waals surface area contributed by atoms with Gasteiger partial charge in [-0.1, -0.05) is 15.9 Å². The number of ketones is 1. The smallest absolute Gasteiger partial charge is 0.320 e. The normalized spacial score (nSPS) is 23.4. The second-order valence-electron chi connectivity index (χ2n) is 6.50. The first kappa shape index (κ1) is 20.2. The van der Waals surface area contributed by atoms with E-state index >= 15 is 0 Å². The molecule has 2 atom stereocenters. The molecule has 8 nitrogen and oxygen atoms in total. The highest BCUT2D eigenvalue weighted by Crippen LogP contribution is 2.53. The average Bonchev–Trinajstić information content (AvgIpc) is 2.87. The number of halogens is 1. The number of nitrogens with one attached hydrogen (secondary N) is 2. The Morgan fingerprint density at radius 2 is 2.07 bits per heavy atom. The standard InChI is InChI=1S/C19H19BrN2O6/c1-9(23)14-10(2)28-16(21)15(17(24)27-7-6-26-3)19(14)12-8-11(20)4-5-13(12)22-18(19)25/h4-5,8,15,21H,6-7H2,1-3H3,(H,22,25). The summed E-state index contributed by atoms with van der Waals surface area (Å²) in [6.45, 7) is 2.90. The van der Waals surface area contributed by atoms with Crippen LogP contribution in [0.15, 0.2) is 34.0 Å².